The zero-order valence-electron chi connectivity index (χ0n) is 15.6. The summed E-state index contributed by atoms with van der Waals surface area (Å²) in [6, 6.07) is 1.72. The molecule has 1 saturated heterocycles. The topological polar surface area (TPSA) is 72.3 Å². The lowest BCUT2D eigenvalue weighted by atomic mass is 10.1. The molecule has 2 N–H and O–H groups in total. The molecule has 1 aromatic carbocycles. The number of aromatic amines is 1. The zero-order valence-corrected chi connectivity index (χ0v) is 17.1. The highest BCUT2D eigenvalue weighted by atomic mass is 35.5. The van der Waals surface area contributed by atoms with Crippen molar-refractivity contribution >= 4 is 34.1 Å². The number of hydrogen-bond donors (Lipinski definition) is 2. The summed E-state index contributed by atoms with van der Waals surface area (Å²) in [5.74, 6) is 0.640. The summed E-state index contributed by atoms with van der Waals surface area (Å²) in [5.41, 5.74) is 2.60. The van der Waals surface area contributed by atoms with Crippen molar-refractivity contribution in [3.63, 3.8) is 0 Å². The number of aromatic nitrogens is 3. The van der Waals surface area contributed by atoms with E-state index in [-0.39, 0.29) is 18.8 Å². The van der Waals surface area contributed by atoms with E-state index in [0.29, 0.717) is 22.4 Å². The van der Waals surface area contributed by atoms with Gasteiger partial charge >= 0.3 is 0 Å². The van der Waals surface area contributed by atoms with Gasteiger partial charge in [0.05, 0.1) is 33.8 Å². The van der Waals surface area contributed by atoms with Crippen molar-refractivity contribution in [3.05, 3.63) is 34.7 Å². The van der Waals surface area contributed by atoms with Gasteiger partial charge in [0.1, 0.15) is 12.0 Å². The maximum atomic E-state index is 9.29. The Bertz CT molecular complexity index is 963. The first-order valence-corrected chi connectivity index (χ1v) is 10.2. The number of hydrogen-bond acceptors (Lipinski definition) is 4. The number of benzene rings is 1. The van der Waals surface area contributed by atoms with Gasteiger partial charge in [-0.3, -0.25) is 0 Å². The second-order valence-corrected chi connectivity index (χ2v) is 8.04. The van der Waals surface area contributed by atoms with E-state index in [4.69, 9.17) is 32.7 Å². The van der Waals surface area contributed by atoms with Gasteiger partial charge in [-0.05, 0) is 19.3 Å². The molecule has 2 aromatic heterocycles. The maximum absolute atomic E-state index is 9.29. The van der Waals surface area contributed by atoms with Crippen molar-refractivity contribution < 1.29 is 14.6 Å². The van der Waals surface area contributed by atoms with E-state index in [1.807, 2.05) is 30.2 Å². The molecule has 6 nitrogen and oxygen atoms in total. The molecule has 4 rings (SSSR count). The SMILES string of the molecule is CC(CO)COc1cc(Cl)c(Cl)c2[nH]cc(-c3cnn(C4CCCCO4)c3)c12. The van der Waals surface area contributed by atoms with Gasteiger partial charge in [0.15, 0.2) is 0 Å². The lowest BCUT2D eigenvalue weighted by Gasteiger charge is -2.22. The van der Waals surface area contributed by atoms with Gasteiger partial charge in [0.25, 0.3) is 0 Å². The summed E-state index contributed by atoms with van der Waals surface area (Å²) in [7, 11) is 0. The highest BCUT2D eigenvalue weighted by molar-refractivity contribution is 6.45. The highest BCUT2D eigenvalue weighted by Gasteiger charge is 2.21. The minimum absolute atomic E-state index is 0.0121. The molecule has 1 aliphatic heterocycles. The number of nitrogens with zero attached hydrogens (tertiary/aromatic N) is 2. The van der Waals surface area contributed by atoms with E-state index in [0.717, 1.165) is 47.9 Å². The first kappa shape index (κ1) is 19.6. The molecule has 0 saturated carbocycles. The molecule has 8 heteroatoms. The van der Waals surface area contributed by atoms with Gasteiger partial charge in [0, 0.05) is 48.7 Å². The molecule has 150 valence electrons. The van der Waals surface area contributed by atoms with Gasteiger partial charge < -0.3 is 19.6 Å². The van der Waals surface area contributed by atoms with E-state index in [9.17, 15) is 5.11 Å². The van der Waals surface area contributed by atoms with Gasteiger partial charge in [-0.15, -0.1) is 0 Å². The fraction of sp³-hybridized carbons (Fsp3) is 0.450. The van der Waals surface area contributed by atoms with E-state index in [1.54, 1.807) is 6.07 Å². The van der Waals surface area contributed by atoms with Crippen LogP contribution in [0.15, 0.2) is 24.7 Å². The van der Waals surface area contributed by atoms with Crippen LogP contribution in [0.3, 0.4) is 0 Å². The molecular weight excluding hydrogens is 401 g/mol. The lowest BCUT2D eigenvalue weighted by Crippen LogP contribution is -2.18. The fourth-order valence-corrected chi connectivity index (χ4v) is 3.81. The van der Waals surface area contributed by atoms with Crippen molar-refractivity contribution in [2.24, 2.45) is 5.92 Å². The Labute approximate surface area is 173 Å². The monoisotopic (exact) mass is 423 g/mol. The molecule has 0 bridgehead atoms. The van der Waals surface area contributed by atoms with Crippen LogP contribution < -0.4 is 4.74 Å². The van der Waals surface area contributed by atoms with Gasteiger partial charge in [-0.25, -0.2) is 4.68 Å². The molecule has 2 unspecified atom stereocenters. The van der Waals surface area contributed by atoms with Gasteiger partial charge in [0.2, 0.25) is 0 Å². The number of nitrogens with one attached hydrogen (secondary N) is 1. The smallest absolute Gasteiger partial charge is 0.150 e. The van der Waals surface area contributed by atoms with Crippen LogP contribution in [0.25, 0.3) is 22.0 Å². The van der Waals surface area contributed by atoms with E-state index in [2.05, 4.69) is 10.1 Å². The Hall–Kier alpha value is -1.73. The summed E-state index contributed by atoms with van der Waals surface area (Å²) in [6.45, 7) is 3.12. The molecule has 0 spiro atoms. The third kappa shape index (κ3) is 3.74. The number of aliphatic hydroxyl groups excluding tert-OH is 1. The minimum Gasteiger partial charge on any atom is -0.492 e. The molecule has 28 heavy (non-hydrogen) atoms. The molecule has 0 radical (unpaired) electrons. The Kier molecular flexibility index (Phi) is 5.83. The Morgan fingerprint density at radius 3 is 3.04 bits per heavy atom. The Morgan fingerprint density at radius 1 is 1.43 bits per heavy atom. The summed E-state index contributed by atoms with van der Waals surface area (Å²) < 4.78 is 13.7. The van der Waals surface area contributed by atoms with E-state index in [1.165, 1.54) is 0 Å². The molecule has 3 heterocycles. The van der Waals surface area contributed by atoms with Crippen LogP contribution in [0.5, 0.6) is 5.75 Å². The number of fused-ring (bicyclic) bond motifs is 1. The third-order valence-electron chi connectivity index (χ3n) is 5.01. The van der Waals surface area contributed by atoms with Crippen LogP contribution in [0, 0.1) is 5.92 Å². The van der Waals surface area contributed by atoms with Crippen molar-refractivity contribution in [3.8, 4) is 16.9 Å². The van der Waals surface area contributed by atoms with Crippen LogP contribution in [-0.2, 0) is 4.74 Å². The first-order valence-electron chi connectivity index (χ1n) is 9.47. The molecule has 0 amide bonds. The van der Waals surface area contributed by atoms with Crippen LogP contribution in [-0.4, -0.2) is 39.7 Å². The largest absolute Gasteiger partial charge is 0.492 e. The van der Waals surface area contributed by atoms with Crippen LogP contribution >= 0.6 is 23.2 Å². The number of aliphatic hydroxyl groups is 1. The number of ether oxygens (including phenoxy) is 2. The third-order valence-corrected chi connectivity index (χ3v) is 5.80. The van der Waals surface area contributed by atoms with Crippen LogP contribution in [0.2, 0.25) is 10.0 Å². The predicted molar refractivity (Wildman–Crippen MR) is 110 cm³/mol. The minimum atomic E-state index is -0.0214. The average molecular weight is 424 g/mol. The summed E-state index contributed by atoms with van der Waals surface area (Å²) >= 11 is 12.7. The standard InChI is InChI=1S/C20H23Cl2N3O3/c1-12(10-26)11-28-16-6-15(21)19(22)20-18(16)14(8-23-20)13-7-24-25(9-13)17-4-2-3-5-27-17/h6-9,12,17,23,26H,2-5,10-11H2,1H3. The highest BCUT2D eigenvalue weighted by Crippen LogP contribution is 2.42. The quantitative estimate of drug-likeness (QED) is 0.581. The Morgan fingerprint density at radius 2 is 2.29 bits per heavy atom. The molecule has 3 aromatic rings. The summed E-state index contributed by atoms with van der Waals surface area (Å²) in [4.78, 5) is 3.21. The van der Waals surface area contributed by atoms with Crippen molar-refractivity contribution in [1.29, 1.82) is 0 Å². The average Bonchev–Trinajstić information content (AvgIpc) is 3.37. The van der Waals surface area contributed by atoms with E-state index >= 15 is 0 Å². The second-order valence-electron chi connectivity index (χ2n) is 7.25. The van der Waals surface area contributed by atoms with Gasteiger partial charge in [-0.1, -0.05) is 30.1 Å². The molecular formula is C20H23Cl2N3O3. The van der Waals surface area contributed by atoms with E-state index < -0.39 is 0 Å². The molecule has 1 aliphatic rings. The second kappa shape index (κ2) is 8.33. The lowest BCUT2D eigenvalue weighted by molar-refractivity contribution is -0.0394. The summed E-state index contributed by atoms with van der Waals surface area (Å²) in [5, 5.41) is 15.5. The van der Waals surface area contributed by atoms with Crippen LogP contribution in [0.1, 0.15) is 32.4 Å². The first-order chi connectivity index (χ1) is 13.6. The van der Waals surface area contributed by atoms with Crippen molar-refractivity contribution in [1.82, 2.24) is 14.8 Å². The van der Waals surface area contributed by atoms with Crippen LogP contribution in [0.4, 0.5) is 0 Å². The number of halogens is 2. The molecule has 1 fully saturated rings. The maximum Gasteiger partial charge on any atom is 0.150 e. The normalized spacial score (nSPS) is 18.5. The zero-order chi connectivity index (χ0) is 19.7. The number of rotatable bonds is 6. The summed E-state index contributed by atoms with van der Waals surface area (Å²) in [6.07, 6.45) is 8.88. The Balaban J connectivity index is 1.73. The van der Waals surface area contributed by atoms with Crippen molar-refractivity contribution in [2.45, 2.75) is 32.4 Å². The molecule has 2 atom stereocenters. The van der Waals surface area contributed by atoms with Crippen molar-refractivity contribution in [2.75, 3.05) is 19.8 Å². The van der Waals surface area contributed by atoms with Gasteiger partial charge in [-0.2, -0.15) is 5.10 Å². The molecule has 0 aliphatic carbocycles. The number of H-pyrrole nitrogens is 1. The fourth-order valence-electron chi connectivity index (χ4n) is 3.42. The predicted octanol–water partition coefficient (Wildman–Crippen LogP) is 5.04.